The summed E-state index contributed by atoms with van der Waals surface area (Å²) >= 11 is 13.5. The van der Waals surface area contributed by atoms with Gasteiger partial charge in [-0.25, -0.2) is 8.84 Å². The van der Waals surface area contributed by atoms with Gasteiger partial charge in [0.05, 0.1) is 11.4 Å². The Hall–Kier alpha value is -1.82. The summed E-state index contributed by atoms with van der Waals surface area (Å²) in [6, 6.07) is 11.2. The summed E-state index contributed by atoms with van der Waals surface area (Å²) in [4.78, 5) is 22.8. The first-order valence-corrected chi connectivity index (χ1v) is 8.27. The van der Waals surface area contributed by atoms with Crippen LogP contribution < -0.4 is 8.84 Å². The summed E-state index contributed by atoms with van der Waals surface area (Å²) in [5.41, 5.74) is 1.25. The highest BCUT2D eigenvalue weighted by Gasteiger charge is 2.14. The van der Waals surface area contributed by atoms with Crippen LogP contribution in [0.25, 0.3) is 20.2 Å². The molecule has 0 unspecified atom stereocenters. The molecule has 2 amide bonds. The van der Waals surface area contributed by atoms with Gasteiger partial charge in [-0.1, -0.05) is 12.1 Å². The SMILES string of the molecule is CC(=O)N(Cl)c1ccc2c(c1)sc1cc(N(Cl)C(C)=O)ccc12. The fraction of sp³-hybridized carbons (Fsp3) is 0.125. The van der Waals surface area contributed by atoms with Crippen LogP contribution in [0.4, 0.5) is 11.4 Å². The largest absolute Gasteiger partial charge is 0.274 e. The van der Waals surface area contributed by atoms with Crippen molar-refractivity contribution in [2.45, 2.75) is 13.8 Å². The van der Waals surface area contributed by atoms with Crippen LogP contribution in [0.1, 0.15) is 13.8 Å². The molecule has 0 aliphatic rings. The van der Waals surface area contributed by atoms with Gasteiger partial charge in [0.1, 0.15) is 0 Å². The summed E-state index contributed by atoms with van der Waals surface area (Å²) in [6.07, 6.45) is 0. The maximum Gasteiger partial charge on any atom is 0.238 e. The first kappa shape index (κ1) is 16.1. The van der Waals surface area contributed by atoms with E-state index in [4.69, 9.17) is 23.6 Å². The van der Waals surface area contributed by atoms with Crippen LogP contribution in [0.2, 0.25) is 0 Å². The van der Waals surface area contributed by atoms with E-state index in [9.17, 15) is 9.59 Å². The molecule has 3 rings (SSSR count). The van der Waals surface area contributed by atoms with E-state index < -0.39 is 0 Å². The van der Waals surface area contributed by atoms with E-state index in [1.54, 1.807) is 23.5 Å². The van der Waals surface area contributed by atoms with Gasteiger partial charge in [-0.05, 0) is 24.3 Å². The maximum atomic E-state index is 11.4. The van der Waals surface area contributed by atoms with Crippen molar-refractivity contribution in [2.75, 3.05) is 8.84 Å². The first-order chi connectivity index (χ1) is 10.9. The average Bonchev–Trinajstić information content (AvgIpc) is 2.89. The number of benzene rings is 2. The topological polar surface area (TPSA) is 40.6 Å². The Balaban J connectivity index is 2.14. The zero-order valence-corrected chi connectivity index (χ0v) is 14.7. The van der Waals surface area contributed by atoms with Gasteiger partial charge < -0.3 is 0 Å². The molecule has 0 atom stereocenters. The Kier molecular flexibility index (Phi) is 4.19. The number of amides is 2. The highest BCUT2D eigenvalue weighted by atomic mass is 35.5. The van der Waals surface area contributed by atoms with Crippen LogP contribution in [-0.2, 0) is 9.59 Å². The second kappa shape index (κ2) is 6.00. The highest BCUT2D eigenvalue weighted by molar-refractivity contribution is 7.25. The average molecular weight is 367 g/mol. The van der Waals surface area contributed by atoms with E-state index in [-0.39, 0.29) is 11.8 Å². The van der Waals surface area contributed by atoms with Gasteiger partial charge in [0.25, 0.3) is 0 Å². The Labute approximate surface area is 147 Å². The number of thiophene rings is 1. The molecule has 0 spiro atoms. The molecule has 7 heteroatoms. The molecule has 0 bridgehead atoms. The van der Waals surface area contributed by atoms with Gasteiger partial charge in [0.2, 0.25) is 11.8 Å². The molecule has 0 N–H and O–H groups in total. The fourth-order valence-electron chi connectivity index (χ4n) is 2.36. The molecular weight excluding hydrogens is 355 g/mol. The maximum absolute atomic E-state index is 11.4. The molecule has 0 saturated carbocycles. The van der Waals surface area contributed by atoms with Crippen molar-refractivity contribution in [2.24, 2.45) is 0 Å². The number of anilines is 2. The van der Waals surface area contributed by atoms with Gasteiger partial charge in [-0.2, -0.15) is 0 Å². The number of nitrogens with zero attached hydrogens (tertiary/aromatic N) is 2. The lowest BCUT2D eigenvalue weighted by Gasteiger charge is -2.11. The number of halogens is 2. The van der Waals surface area contributed by atoms with E-state index in [1.165, 1.54) is 13.8 Å². The van der Waals surface area contributed by atoms with Crippen molar-refractivity contribution in [3.8, 4) is 0 Å². The van der Waals surface area contributed by atoms with Gasteiger partial charge in [0.15, 0.2) is 0 Å². The van der Waals surface area contributed by atoms with Crippen LogP contribution >= 0.6 is 34.9 Å². The Morgan fingerprint density at radius 1 is 0.826 bits per heavy atom. The molecule has 0 saturated heterocycles. The number of rotatable bonds is 2. The van der Waals surface area contributed by atoms with Crippen LogP contribution in [-0.4, -0.2) is 11.8 Å². The first-order valence-electron chi connectivity index (χ1n) is 6.78. The van der Waals surface area contributed by atoms with E-state index in [2.05, 4.69) is 0 Å². The van der Waals surface area contributed by atoms with Crippen molar-refractivity contribution < 1.29 is 9.59 Å². The number of carbonyl (C=O) groups is 2. The number of hydrogen-bond donors (Lipinski definition) is 0. The molecule has 3 aromatic rings. The molecular formula is C16H12Cl2N2O2S. The molecule has 2 aromatic carbocycles. The van der Waals surface area contributed by atoms with Gasteiger partial charge in [-0.3, -0.25) is 9.59 Å². The second-order valence-corrected chi connectivity index (χ2v) is 6.82. The molecule has 0 fully saturated rings. The fourth-order valence-corrected chi connectivity index (χ4v) is 3.74. The van der Waals surface area contributed by atoms with Gasteiger partial charge >= 0.3 is 0 Å². The molecule has 0 radical (unpaired) electrons. The van der Waals surface area contributed by atoms with E-state index in [0.717, 1.165) is 29.0 Å². The normalized spacial score (nSPS) is 11.0. The molecule has 0 aliphatic heterocycles. The Morgan fingerprint density at radius 2 is 1.22 bits per heavy atom. The van der Waals surface area contributed by atoms with Gasteiger partial charge in [0, 0.05) is 57.6 Å². The molecule has 4 nitrogen and oxygen atoms in total. The number of hydrogen-bond acceptors (Lipinski definition) is 3. The predicted octanol–water partition coefficient (Wildman–Crippen LogP) is 5.07. The Bertz CT molecular complexity index is 864. The number of fused-ring (bicyclic) bond motifs is 3. The quantitative estimate of drug-likeness (QED) is 0.594. The third-order valence-electron chi connectivity index (χ3n) is 3.45. The lowest BCUT2D eigenvalue weighted by Crippen LogP contribution is -2.16. The lowest BCUT2D eigenvalue weighted by molar-refractivity contribution is -0.116. The summed E-state index contributed by atoms with van der Waals surface area (Å²) in [6.45, 7) is 2.82. The molecule has 1 heterocycles. The predicted molar refractivity (Wildman–Crippen MR) is 97.4 cm³/mol. The summed E-state index contributed by atoms with van der Waals surface area (Å²) in [7, 11) is 0. The molecule has 23 heavy (non-hydrogen) atoms. The third-order valence-corrected chi connectivity index (χ3v) is 5.43. The van der Waals surface area contributed by atoms with Crippen molar-refractivity contribution in [3.05, 3.63) is 36.4 Å². The third kappa shape index (κ3) is 2.87. The molecule has 0 aliphatic carbocycles. The van der Waals surface area contributed by atoms with E-state index >= 15 is 0 Å². The molecule has 1 aromatic heterocycles. The summed E-state index contributed by atoms with van der Waals surface area (Å²) < 4.78 is 4.19. The van der Waals surface area contributed by atoms with Crippen LogP contribution in [0.3, 0.4) is 0 Å². The van der Waals surface area contributed by atoms with Crippen LogP contribution in [0.5, 0.6) is 0 Å². The Morgan fingerprint density at radius 3 is 1.57 bits per heavy atom. The van der Waals surface area contributed by atoms with Gasteiger partial charge in [-0.15, -0.1) is 11.3 Å². The van der Waals surface area contributed by atoms with Crippen molar-refractivity contribution in [1.29, 1.82) is 0 Å². The minimum Gasteiger partial charge on any atom is -0.274 e. The summed E-state index contributed by atoms with van der Waals surface area (Å²) in [5, 5.41) is 2.13. The van der Waals surface area contributed by atoms with E-state index in [0.29, 0.717) is 11.4 Å². The minimum atomic E-state index is -0.242. The minimum absolute atomic E-state index is 0.242. The van der Waals surface area contributed by atoms with Crippen molar-refractivity contribution in [3.63, 3.8) is 0 Å². The lowest BCUT2D eigenvalue weighted by atomic mass is 10.1. The molecule has 118 valence electrons. The van der Waals surface area contributed by atoms with E-state index in [1.807, 2.05) is 24.3 Å². The highest BCUT2D eigenvalue weighted by Crippen LogP contribution is 2.38. The zero-order valence-electron chi connectivity index (χ0n) is 12.3. The standard InChI is InChI=1S/C16H12Cl2N2O2S/c1-9(21)19(17)11-3-5-13-14-6-4-12(20(18)10(2)22)8-16(14)23-15(13)7-11/h3-8H,1-2H3. The number of carbonyl (C=O) groups excluding carboxylic acids is 2. The monoisotopic (exact) mass is 366 g/mol. The van der Waals surface area contributed by atoms with Crippen LogP contribution in [0, 0.1) is 0 Å². The van der Waals surface area contributed by atoms with Crippen LogP contribution in [0.15, 0.2) is 36.4 Å². The smallest absolute Gasteiger partial charge is 0.238 e. The zero-order chi connectivity index (χ0) is 16.7. The van der Waals surface area contributed by atoms with Crippen molar-refractivity contribution >= 4 is 78.3 Å². The summed E-state index contributed by atoms with van der Waals surface area (Å²) in [5.74, 6) is -0.484. The van der Waals surface area contributed by atoms with Crippen molar-refractivity contribution in [1.82, 2.24) is 0 Å². The second-order valence-electron chi connectivity index (χ2n) is 5.06.